The molecule has 1 aromatic carbocycles. The monoisotopic (exact) mass is 378 g/mol. The number of imidazole rings is 1. The summed E-state index contributed by atoms with van der Waals surface area (Å²) in [6.45, 7) is 3.96. The summed E-state index contributed by atoms with van der Waals surface area (Å²) in [5.74, 6) is 1.25. The summed E-state index contributed by atoms with van der Waals surface area (Å²) in [7, 11) is 3.67. The molecule has 0 saturated carbocycles. The highest BCUT2D eigenvalue weighted by Gasteiger charge is 2.22. The predicted molar refractivity (Wildman–Crippen MR) is 109 cm³/mol. The molecule has 3 aromatic heterocycles. The maximum absolute atomic E-state index is 13.3. The van der Waals surface area contributed by atoms with Crippen molar-refractivity contribution in [2.45, 2.75) is 26.3 Å². The van der Waals surface area contributed by atoms with Crippen molar-refractivity contribution < 1.29 is 0 Å². The van der Waals surface area contributed by atoms with Crippen molar-refractivity contribution in [1.82, 2.24) is 29.6 Å². The van der Waals surface area contributed by atoms with Crippen molar-refractivity contribution in [2.75, 3.05) is 24.4 Å². The second-order valence-electron chi connectivity index (χ2n) is 6.83. The Morgan fingerprint density at radius 2 is 2.07 bits per heavy atom. The van der Waals surface area contributed by atoms with Gasteiger partial charge < -0.3 is 15.3 Å². The molecule has 0 radical (unpaired) electrons. The van der Waals surface area contributed by atoms with E-state index in [0.29, 0.717) is 34.6 Å². The Balaban J connectivity index is 1.89. The summed E-state index contributed by atoms with van der Waals surface area (Å²) in [6, 6.07) is 5.48. The molecule has 4 aromatic rings. The van der Waals surface area contributed by atoms with E-state index in [0.717, 1.165) is 11.1 Å². The van der Waals surface area contributed by atoms with Crippen LogP contribution in [0.3, 0.4) is 0 Å². The van der Waals surface area contributed by atoms with Crippen LogP contribution < -0.4 is 15.9 Å². The summed E-state index contributed by atoms with van der Waals surface area (Å²) in [5, 5.41) is 5.79. The molecule has 0 spiro atoms. The van der Waals surface area contributed by atoms with E-state index >= 15 is 0 Å². The number of nitrogens with zero attached hydrogens (tertiary/aromatic N) is 6. The molecule has 0 fully saturated rings. The fraction of sp³-hybridized carbons (Fsp3) is 0.316. The topological polar surface area (TPSA) is 105 Å². The zero-order valence-electron chi connectivity index (χ0n) is 16.3. The minimum absolute atomic E-state index is 0.0854. The van der Waals surface area contributed by atoms with Crippen molar-refractivity contribution >= 4 is 27.9 Å². The lowest BCUT2D eigenvalue weighted by atomic mass is 10.1. The van der Waals surface area contributed by atoms with Gasteiger partial charge in [0.2, 0.25) is 0 Å². The van der Waals surface area contributed by atoms with Crippen LogP contribution in [0, 0.1) is 6.92 Å². The molecule has 0 saturated heterocycles. The maximum Gasteiger partial charge on any atom is 0.280 e. The third-order valence-electron chi connectivity index (χ3n) is 4.76. The molecule has 0 aliphatic heterocycles. The number of nitrogens with one attached hydrogen (secondary N) is 2. The first kappa shape index (κ1) is 17.9. The first-order chi connectivity index (χ1) is 13.5. The van der Waals surface area contributed by atoms with Crippen LogP contribution in [0.4, 0.5) is 5.82 Å². The van der Waals surface area contributed by atoms with E-state index in [1.54, 1.807) is 16.0 Å². The zero-order chi connectivity index (χ0) is 19.8. The van der Waals surface area contributed by atoms with E-state index in [9.17, 15) is 4.79 Å². The summed E-state index contributed by atoms with van der Waals surface area (Å²) in [6.07, 6.45) is 3.75. The van der Waals surface area contributed by atoms with Crippen molar-refractivity contribution in [1.29, 1.82) is 0 Å². The van der Waals surface area contributed by atoms with E-state index in [1.807, 2.05) is 46.1 Å². The highest BCUT2D eigenvalue weighted by Crippen LogP contribution is 2.24. The van der Waals surface area contributed by atoms with Gasteiger partial charge in [0.15, 0.2) is 17.3 Å². The molecular weight excluding hydrogens is 356 g/mol. The second-order valence-corrected chi connectivity index (χ2v) is 6.83. The molecule has 1 atom stereocenters. The molecule has 1 unspecified atom stereocenters. The molecule has 28 heavy (non-hydrogen) atoms. The van der Waals surface area contributed by atoms with Gasteiger partial charge in [-0.05, 0) is 25.0 Å². The lowest BCUT2D eigenvalue weighted by molar-refractivity contribution is 0.579. The van der Waals surface area contributed by atoms with Gasteiger partial charge in [-0.1, -0.05) is 19.1 Å². The van der Waals surface area contributed by atoms with Gasteiger partial charge in [0.05, 0.1) is 23.3 Å². The molecule has 9 heteroatoms. The lowest BCUT2D eigenvalue weighted by Gasteiger charge is -2.26. The Hall–Kier alpha value is -3.49. The first-order valence-electron chi connectivity index (χ1n) is 9.11. The fourth-order valence-corrected chi connectivity index (χ4v) is 3.41. The van der Waals surface area contributed by atoms with Crippen molar-refractivity contribution in [2.24, 2.45) is 0 Å². The van der Waals surface area contributed by atoms with Gasteiger partial charge in [0.25, 0.3) is 5.56 Å². The standard InChI is InChI=1S/C19H22N8O/c1-5-12(24-17-15-16(21-9-20-15)22-10-23-17)18-25-13-8-6-7-11(2)14(13)19(28)27(18)26(3)4/h6-10,12H,5H2,1-4H3,(H2,20,21,22,23,24). The average Bonchev–Trinajstić information content (AvgIpc) is 3.15. The minimum atomic E-state index is -0.235. The number of hydrogen-bond donors (Lipinski definition) is 2. The largest absolute Gasteiger partial charge is 0.358 e. The minimum Gasteiger partial charge on any atom is -0.358 e. The molecule has 0 aliphatic rings. The number of fused-ring (bicyclic) bond motifs is 2. The predicted octanol–water partition coefficient (Wildman–Crippen LogP) is 2.13. The Morgan fingerprint density at radius 1 is 1.25 bits per heavy atom. The molecule has 4 rings (SSSR count). The quantitative estimate of drug-likeness (QED) is 0.548. The third kappa shape index (κ3) is 2.84. The lowest BCUT2D eigenvalue weighted by Crippen LogP contribution is -2.41. The number of hydrogen-bond acceptors (Lipinski definition) is 7. The number of H-pyrrole nitrogens is 1. The van der Waals surface area contributed by atoms with Gasteiger partial charge >= 0.3 is 0 Å². The van der Waals surface area contributed by atoms with E-state index in [2.05, 4.69) is 25.3 Å². The molecule has 9 nitrogen and oxygen atoms in total. The number of aryl methyl sites for hydroxylation is 1. The SMILES string of the molecule is CCC(Nc1ncnc2nc[nH]c12)c1nc2cccc(C)c2c(=O)n1N(C)C. The highest BCUT2D eigenvalue weighted by molar-refractivity contribution is 5.83. The van der Waals surface area contributed by atoms with E-state index < -0.39 is 0 Å². The van der Waals surface area contributed by atoms with Gasteiger partial charge in [0.1, 0.15) is 11.8 Å². The normalized spacial score (nSPS) is 12.4. The van der Waals surface area contributed by atoms with Crippen LogP contribution in [0.1, 0.15) is 30.8 Å². The zero-order valence-corrected chi connectivity index (χ0v) is 16.3. The van der Waals surface area contributed by atoms with E-state index in [1.165, 1.54) is 6.33 Å². The third-order valence-corrected chi connectivity index (χ3v) is 4.76. The van der Waals surface area contributed by atoms with Crippen LogP contribution >= 0.6 is 0 Å². The Kier molecular flexibility index (Phi) is 4.42. The number of aromatic nitrogens is 6. The van der Waals surface area contributed by atoms with Crippen LogP contribution in [0.2, 0.25) is 0 Å². The van der Waals surface area contributed by atoms with E-state index in [-0.39, 0.29) is 11.6 Å². The van der Waals surface area contributed by atoms with Crippen LogP contribution in [-0.2, 0) is 0 Å². The summed E-state index contributed by atoms with van der Waals surface area (Å²) in [4.78, 5) is 33.8. The number of benzene rings is 1. The van der Waals surface area contributed by atoms with Crippen LogP contribution in [0.15, 0.2) is 35.6 Å². The number of anilines is 1. The number of aromatic amines is 1. The van der Waals surface area contributed by atoms with Gasteiger partial charge in [-0.25, -0.2) is 24.6 Å². The highest BCUT2D eigenvalue weighted by atomic mass is 16.1. The summed E-state index contributed by atoms with van der Waals surface area (Å²) >= 11 is 0. The molecule has 2 N–H and O–H groups in total. The van der Waals surface area contributed by atoms with Crippen molar-refractivity contribution in [3.63, 3.8) is 0 Å². The van der Waals surface area contributed by atoms with Gasteiger partial charge in [0, 0.05) is 14.1 Å². The summed E-state index contributed by atoms with van der Waals surface area (Å²) < 4.78 is 1.61. The fourth-order valence-electron chi connectivity index (χ4n) is 3.41. The molecule has 0 aliphatic carbocycles. The molecule has 3 heterocycles. The van der Waals surface area contributed by atoms with Crippen molar-refractivity contribution in [3.05, 3.63) is 52.6 Å². The van der Waals surface area contributed by atoms with Gasteiger partial charge in [-0.2, -0.15) is 0 Å². The maximum atomic E-state index is 13.3. The first-order valence-corrected chi connectivity index (χ1v) is 9.11. The van der Waals surface area contributed by atoms with Crippen LogP contribution in [-0.4, -0.2) is 43.7 Å². The van der Waals surface area contributed by atoms with E-state index in [4.69, 9.17) is 4.98 Å². The Morgan fingerprint density at radius 3 is 2.82 bits per heavy atom. The second kappa shape index (κ2) is 6.91. The molecule has 0 bridgehead atoms. The molecule has 0 amide bonds. The Bertz CT molecular complexity index is 1210. The van der Waals surface area contributed by atoms with Crippen LogP contribution in [0.25, 0.3) is 22.1 Å². The summed E-state index contributed by atoms with van der Waals surface area (Å²) in [5.41, 5.74) is 2.81. The molecular formula is C19H22N8O. The number of rotatable bonds is 5. The van der Waals surface area contributed by atoms with Crippen molar-refractivity contribution in [3.8, 4) is 0 Å². The average molecular weight is 378 g/mol. The van der Waals surface area contributed by atoms with Crippen LogP contribution in [0.5, 0.6) is 0 Å². The van der Waals surface area contributed by atoms with Gasteiger partial charge in [-0.3, -0.25) is 4.79 Å². The molecule has 144 valence electrons. The Labute approximate surface area is 161 Å². The van der Waals surface area contributed by atoms with Gasteiger partial charge in [-0.15, -0.1) is 0 Å². The smallest absolute Gasteiger partial charge is 0.280 e.